The van der Waals surface area contributed by atoms with Crippen LogP contribution in [0.2, 0.25) is 0 Å². The fraction of sp³-hybridized carbons (Fsp3) is 0.438. The third-order valence-electron chi connectivity index (χ3n) is 4.21. The molecule has 0 atom stereocenters. The minimum Gasteiger partial charge on any atom is -0.477 e. The SMILES string of the molecule is Cc1cccn2c(=O)c(C(=O)O)c(NC3CCCCC3)nc12. The number of carbonyl (C=O) groups is 1. The highest BCUT2D eigenvalue weighted by atomic mass is 16.4. The van der Waals surface area contributed by atoms with Gasteiger partial charge in [-0.2, -0.15) is 0 Å². The molecule has 3 rings (SSSR count). The minimum absolute atomic E-state index is 0.185. The molecule has 2 aromatic heterocycles. The Kier molecular flexibility index (Phi) is 3.83. The zero-order valence-electron chi connectivity index (χ0n) is 12.5. The Hall–Kier alpha value is -2.37. The highest BCUT2D eigenvalue weighted by molar-refractivity contribution is 5.93. The summed E-state index contributed by atoms with van der Waals surface area (Å²) in [7, 11) is 0. The van der Waals surface area contributed by atoms with Gasteiger partial charge in [0.15, 0.2) is 5.56 Å². The normalized spacial score (nSPS) is 15.9. The molecule has 2 aromatic rings. The average Bonchev–Trinajstić information content (AvgIpc) is 2.49. The summed E-state index contributed by atoms with van der Waals surface area (Å²) in [6.07, 6.45) is 6.95. The van der Waals surface area contributed by atoms with Crippen molar-refractivity contribution in [2.24, 2.45) is 0 Å². The third-order valence-corrected chi connectivity index (χ3v) is 4.21. The van der Waals surface area contributed by atoms with Gasteiger partial charge in [0.05, 0.1) is 0 Å². The lowest BCUT2D eigenvalue weighted by Gasteiger charge is -2.24. The molecule has 2 heterocycles. The Balaban J connectivity index is 2.14. The number of nitrogens with one attached hydrogen (secondary N) is 1. The summed E-state index contributed by atoms with van der Waals surface area (Å²) in [5.41, 5.74) is 0.507. The number of fused-ring (bicyclic) bond motifs is 1. The van der Waals surface area contributed by atoms with Crippen molar-refractivity contribution in [3.63, 3.8) is 0 Å². The van der Waals surface area contributed by atoms with Crippen molar-refractivity contribution in [2.45, 2.75) is 45.1 Å². The Labute approximate surface area is 127 Å². The van der Waals surface area contributed by atoms with Crippen LogP contribution in [0.3, 0.4) is 0 Å². The maximum absolute atomic E-state index is 12.5. The first-order valence-electron chi connectivity index (χ1n) is 7.59. The molecule has 116 valence electrons. The number of aromatic nitrogens is 2. The molecule has 0 radical (unpaired) electrons. The van der Waals surface area contributed by atoms with Crippen molar-refractivity contribution in [1.82, 2.24) is 9.38 Å². The smallest absolute Gasteiger partial charge is 0.345 e. The molecular formula is C16H19N3O3. The topological polar surface area (TPSA) is 83.7 Å². The van der Waals surface area contributed by atoms with Crippen LogP contribution in [0.4, 0.5) is 5.82 Å². The van der Waals surface area contributed by atoms with Crippen LogP contribution in [0.15, 0.2) is 23.1 Å². The van der Waals surface area contributed by atoms with Crippen LogP contribution in [0.5, 0.6) is 0 Å². The Morgan fingerprint density at radius 2 is 2.09 bits per heavy atom. The monoisotopic (exact) mass is 301 g/mol. The van der Waals surface area contributed by atoms with Gasteiger partial charge in [-0.3, -0.25) is 9.20 Å². The summed E-state index contributed by atoms with van der Waals surface area (Å²) in [6, 6.07) is 3.75. The first-order chi connectivity index (χ1) is 10.6. The molecule has 0 bridgehead atoms. The third kappa shape index (κ3) is 2.56. The van der Waals surface area contributed by atoms with Gasteiger partial charge in [-0.25, -0.2) is 9.78 Å². The number of hydrogen-bond donors (Lipinski definition) is 2. The molecule has 6 heteroatoms. The fourth-order valence-corrected chi connectivity index (χ4v) is 3.04. The van der Waals surface area contributed by atoms with E-state index in [-0.39, 0.29) is 17.4 Å². The molecule has 22 heavy (non-hydrogen) atoms. The van der Waals surface area contributed by atoms with Crippen molar-refractivity contribution in [2.75, 3.05) is 5.32 Å². The van der Waals surface area contributed by atoms with Gasteiger partial charge in [-0.15, -0.1) is 0 Å². The van der Waals surface area contributed by atoms with Crippen molar-refractivity contribution in [3.8, 4) is 0 Å². The number of rotatable bonds is 3. The first kappa shape index (κ1) is 14.6. The summed E-state index contributed by atoms with van der Waals surface area (Å²) in [5, 5.41) is 12.6. The lowest BCUT2D eigenvalue weighted by molar-refractivity contribution is 0.0695. The fourth-order valence-electron chi connectivity index (χ4n) is 3.04. The maximum atomic E-state index is 12.5. The lowest BCUT2D eigenvalue weighted by atomic mass is 9.95. The molecular weight excluding hydrogens is 282 g/mol. The lowest BCUT2D eigenvalue weighted by Crippen LogP contribution is -2.30. The number of hydrogen-bond acceptors (Lipinski definition) is 4. The molecule has 1 fully saturated rings. The molecule has 0 saturated heterocycles. The van der Waals surface area contributed by atoms with Crippen molar-refractivity contribution in [3.05, 3.63) is 39.8 Å². The number of anilines is 1. The quantitative estimate of drug-likeness (QED) is 0.909. The van der Waals surface area contributed by atoms with Crippen LogP contribution in [-0.4, -0.2) is 26.5 Å². The van der Waals surface area contributed by atoms with Gasteiger partial charge in [-0.05, 0) is 31.4 Å². The number of carboxylic acid groups (broad SMARTS) is 1. The van der Waals surface area contributed by atoms with E-state index < -0.39 is 11.5 Å². The second kappa shape index (κ2) is 5.79. The van der Waals surface area contributed by atoms with Gasteiger partial charge in [0, 0.05) is 12.2 Å². The van der Waals surface area contributed by atoms with E-state index in [1.807, 2.05) is 13.0 Å². The van der Waals surface area contributed by atoms with Crippen LogP contribution >= 0.6 is 0 Å². The van der Waals surface area contributed by atoms with Crippen LogP contribution in [-0.2, 0) is 0 Å². The van der Waals surface area contributed by atoms with Gasteiger partial charge in [0.25, 0.3) is 5.56 Å². The number of aryl methyl sites for hydroxylation is 1. The molecule has 1 saturated carbocycles. The van der Waals surface area contributed by atoms with Gasteiger partial charge in [0.1, 0.15) is 11.5 Å². The second-order valence-electron chi connectivity index (χ2n) is 5.81. The molecule has 0 spiro atoms. The largest absolute Gasteiger partial charge is 0.477 e. The van der Waals surface area contributed by atoms with E-state index in [4.69, 9.17) is 0 Å². The van der Waals surface area contributed by atoms with Crippen LogP contribution in [0.1, 0.15) is 48.0 Å². The van der Waals surface area contributed by atoms with E-state index in [0.29, 0.717) is 5.65 Å². The summed E-state index contributed by atoms with van der Waals surface area (Å²) in [4.78, 5) is 28.4. The van der Waals surface area contributed by atoms with Crippen LogP contribution in [0.25, 0.3) is 5.65 Å². The standard InChI is InChI=1S/C16H19N3O3/c1-10-6-5-9-19-14(10)18-13(12(15(19)20)16(21)22)17-11-7-3-2-4-8-11/h5-6,9,11,17H,2-4,7-8H2,1H3,(H,21,22). The summed E-state index contributed by atoms with van der Waals surface area (Å²) < 4.78 is 1.30. The average molecular weight is 301 g/mol. The van der Waals surface area contributed by atoms with Gasteiger partial charge < -0.3 is 10.4 Å². The summed E-state index contributed by atoms with van der Waals surface area (Å²) in [6.45, 7) is 1.85. The maximum Gasteiger partial charge on any atom is 0.345 e. The number of carboxylic acids is 1. The van der Waals surface area contributed by atoms with E-state index in [1.165, 1.54) is 10.8 Å². The number of nitrogens with zero attached hydrogens (tertiary/aromatic N) is 2. The first-order valence-corrected chi connectivity index (χ1v) is 7.59. The van der Waals surface area contributed by atoms with Gasteiger partial charge in [0.2, 0.25) is 0 Å². The number of pyridine rings is 1. The molecule has 1 aliphatic carbocycles. The number of aromatic carboxylic acids is 1. The highest BCUT2D eigenvalue weighted by Gasteiger charge is 2.22. The Morgan fingerprint density at radius 3 is 2.77 bits per heavy atom. The van der Waals surface area contributed by atoms with E-state index in [1.54, 1.807) is 12.3 Å². The Morgan fingerprint density at radius 1 is 1.36 bits per heavy atom. The summed E-state index contributed by atoms with van der Waals surface area (Å²) >= 11 is 0. The van der Waals surface area contributed by atoms with Crippen LogP contribution < -0.4 is 10.9 Å². The van der Waals surface area contributed by atoms with E-state index >= 15 is 0 Å². The second-order valence-corrected chi connectivity index (χ2v) is 5.81. The molecule has 1 aliphatic rings. The van der Waals surface area contributed by atoms with Gasteiger partial charge >= 0.3 is 5.97 Å². The minimum atomic E-state index is -1.24. The van der Waals surface area contributed by atoms with Crippen molar-refractivity contribution >= 4 is 17.4 Å². The van der Waals surface area contributed by atoms with Crippen molar-refractivity contribution in [1.29, 1.82) is 0 Å². The molecule has 2 N–H and O–H groups in total. The summed E-state index contributed by atoms with van der Waals surface area (Å²) in [5.74, 6) is -1.05. The van der Waals surface area contributed by atoms with Crippen LogP contribution in [0, 0.1) is 6.92 Å². The molecule has 0 aromatic carbocycles. The van der Waals surface area contributed by atoms with E-state index in [0.717, 1.165) is 31.2 Å². The van der Waals surface area contributed by atoms with Gasteiger partial charge in [-0.1, -0.05) is 25.3 Å². The van der Waals surface area contributed by atoms with Crippen molar-refractivity contribution < 1.29 is 9.90 Å². The molecule has 0 amide bonds. The zero-order chi connectivity index (χ0) is 15.7. The predicted molar refractivity (Wildman–Crippen MR) is 83.7 cm³/mol. The predicted octanol–water partition coefficient (Wildman–Crippen LogP) is 2.45. The van der Waals surface area contributed by atoms with E-state index in [2.05, 4.69) is 10.3 Å². The molecule has 6 nitrogen and oxygen atoms in total. The Bertz CT molecular complexity index is 776. The molecule has 0 aliphatic heterocycles. The molecule has 0 unspecified atom stereocenters. The highest BCUT2D eigenvalue weighted by Crippen LogP contribution is 2.22. The zero-order valence-corrected chi connectivity index (χ0v) is 12.5. The van der Waals surface area contributed by atoms with E-state index in [9.17, 15) is 14.7 Å².